The molecule has 0 aromatic heterocycles. The number of nitrogens with zero attached hydrogens (tertiary/aromatic N) is 1. The number of aromatic hydroxyl groups is 1. The van der Waals surface area contributed by atoms with Gasteiger partial charge in [0.25, 0.3) is 0 Å². The van der Waals surface area contributed by atoms with Crippen molar-refractivity contribution in [3.8, 4) is 5.75 Å². The van der Waals surface area contributed by atoms with E-state index in [0.717, 1.165) is 12.2 Å². The van der Waals surface area contributed by atoms with Crippen LogP contribution < -0.4 is 5.73 Å². The van der Waals surface area contributed by atoms with Crippen LogP contribution in [0.4, 0.5) is 0 Å². The Morgan fingerprint density at radius 1 is 1.18 bits per heavy atom. The van der Waals surface area contributed by atoms with Crippen molar-refractivity contribution in [3.63, 3.8) is 0 Å². The van der Waals surface area contributed by atoms with Gasteiger partial charge in [-0.2, -0.15) is 11.8 Å². The van der Waals surface area contributed by atoms with E-state index in [1.54, 1.807) is 51.8 Å². The van der Waals surface area contributed by atoms with Crippen molar-refractivity contribution in [2.24, 2.45) is 29.4 Å². The van der Waals surface area contributed by atoms with Crippen molar-refractivity contribution in [1.82, 2.24) is 4.90 Å². The number of ether oxygens (including phenoxy) is 1. The Balaban J connectivity index is 2.02. The van der Waals surface area contributed by atoms with Crippen molar-refractivity contribution in [1.29, 1.82) is 0 Å². The first-order valence-electron chi connectivity index (χ1n) is 13.2. The molecule has 0 aliphatic heterocycles. The van der Waals surface area contributed by atoms with Crippen LogP contribution in [0, 0.1) is 23.7 Å². The number of primary amides is 1. The van der Waals surface area contributed by atoms with Gasteiger partial charge in [0.15, 0.2) is 34.7 Å². The predicted molar refractivity (Wildman–Crippen MR) is 143 cm³/mol. The number of carbonyl (C=O) groups excluding carboxylic acids is 5. The van der Waals surface area contributed by atoms with Gasteiger partial charge in [0.05, 0.1) is 35.6 Å². The van der Waals surface area contributed by atoms with Crippen LogP contribution in [0.2, 0.25) is 0 Å². The number of ketones is 4. The van der Waals surface area contributed by atoms with Crippen molar-refractivity contribution in [3.05, 3.63) is 29.3 Å². The first kappa shape index (κ1) is 29.4. The Hall–Kier alpha value is -2.60. The molecule has 0 saturated heterocycles. The first-order chi connectivity index (χ1) is 18.3. The van der Waals surface area contributed by atoms with Crippen molar-refractivity contribution < 1.29 is 38.9 Å². The molecule has 3 aliphatic carbocycles. The number of rotatable bonds is 8. The zero-order valence-corrected chi connectivity index (χ0v) is 23.6. The fourth-order valence-electron chi connectivity index (χ4n) is 6.78. The lowest BCUT2D eigenvalue weighted by atomic mass is 9.49. The molecule has 39 heavy (non-hydrogen) atoms. The summed E-state index contributed by atoms with van der Waals surface area (Å²) < 4.78 is 6.36. The van der Waals surface area contributed by atoms with Crippen molar-refractivity contribution >= 4 is 40.8 Å². The summed E-state index contributed by atoms with van der Waals surface area (Å²) in [6, 6.07) is 3.47. The molecule has 212 valence electrons. The summed E-state index contributed by atoms with van der Waals surface area (Å²) in [6.07, 6.45) is -0.650. The van der Waals surface area contributed by atoms with E-state index in [1.165, 1.54) is 11.0 Å². The lowest BCUT2D eigenvalue weighted by Gasteiger charge is -2.57. The average molecular weight is 561 g/mol. The third-order valence-electron chi connectivity index (χ3n) is 8.20. The van der Waals surface area contributed by atoms with Crippen LogP contribution in [0.1, 0.15) is 49.0 Å². The number of phenolic OH excluding ortho intramolecular Hbond substituents is 1. The van der Waals surface area contributed by atoms with Gasteiger partial charge in [0.2, 0.25) is 5.91 Å². The van der Waals surface area contributed by atoms with E-state index in [1.807, 2.05) is 6.92 Å². The second-order valence-corrected chi connectivity index (χ2v) is 12.3. The number of hydrogen-bond acceptors (Lipinski definition) is 10. The molecular formula is C28H36N2O8S. The van der Waals surface area contributed by atoms with E-state index in [9.17, 15) is 34.2 Å². The van der Waals surface area contributed by atoms with E-state index in [0.29, 0.717) is 11.3 Å². The van der Waals surface area contributed by atoms with Gasteiger partial charge in [-0.1, -0.05) is 19.1 Å². The number of amides is 1. The maximum Gasteiger partial charge on any atom is 0.235 e. The quantitative estimate of drug-likeness (QED) is 0.308. The maximum atomic E-state index is 14.3. The number of likely N-dealkylation sites (N-methyl/N-ethyl adjacent to an activating group) is 1. The number of fused-ring (bicyclic) bond motifs is 3. The lowest BCUT2D eigenvalue weighted by Crippen LogP contribution is -2.78. The molecule has 8 atom stereocenters. The summed E-state index contributed by atoms with van der Waals surface area (Å²) in [5.41, 5.74) is 3.10. The molecule has 0 heterocycles. The molecule has 11 heteroatoms. The summed E-state index contributed by atoms with van der Waals surface area (Å²) in [6.45, 7) is 5.53. The Kier molecular flexibility index (Phi) is 8.11. The van der Waals surface area contributed by atoms with Gasteiger partial charge in [-0.05, 0) is 51.7 Å². The molecule has 1 amide bonds. The van der Waals surface area contributed by atoms with Crippen LogP contribution >= 0.6 is 11.8 Å². The van der Waals surface area contributed by atoms with Gasteiger partial charge in [-0.25, -0.2) is 0 Å². The van der Waals surface area contributed by atoms with E-state index in [4.69, 9.17) is 10.5 Å². The monoisotopic (exact) mass is 560 g/mol. The molecule has 4 rings (SSSR count). The van der Waals surface area contributed by atoms with Crippen LogP contribution in [0.25, 0.3) is 0 Å². The van der Waals surface area contributed by atoms with E-state index in [-0.39, 0.29) is 11.3 Å². The molecule has 10 nitrogen and oxygen atoms in total. The second kappa shape index (κ2) is 10.8. The minimum atomic E-state index is -2.87. The normalized spacial score (nSPS) is 34.2. The summed E-state index contributed by atoms with van der Waals surface area (Å²) in [5, 5.41) is 22.8. The number of benzene rings is 1. The number of thioether (sulfide) groups is 1. The lowest BCUT2D eigenvalue weighted by molar-refractivity contribution is -0.207. The molecule has 2 fully saturated rings. The van der Waals surface area contributed by atoms with Crippen molar-refractivity contribution in [2.45, 2.75) is 57.0 Å². The number of Topliss-reactive ketones (excluding diaryl/α,β-unsaturated/α-hetero) is 4. The summed E-state index contributed by atoms with van der Waals surface area (Å²) in [5.74, 6) is -10.5. The molecule has 1 aromatic rings. The summed E-state index contributed by atoms with van der Waals surface area (Å²) in [7, 11) is 3.10. The van der Waals surface area contributed by atoms with Crippen LogP contribution in [-0.4, -0.2) is 93.6 Å². The molecule has 2 saturated carbocycles. The van der Waals surface area contributed by atoms with Gasteiger partial charge in [0, 0.05) is 17.6 Å². The molecule has 8 unspecified atom stereocenters. The first-order valence-corrected chi connectivity index (χ1v) is 14.4. The molecular weight excluding hydrogens is 524 g/mol. The topological polar surface area (TPSA) is 164 Å². The highest BCUT2D eigenvalue weighted by atomic mass is 32.2. The highest BCUT2D eigenvalue weighted by molar-refractivity contribution is 7.99. The largest absolute Gasteiger partial charge is 0.507 e. The minimum Gasteiger partial charge on any atom is -0.507 e. The summed E-state index contributed by atoms with van der Waals surface area (Å²) in [4.78, 5) is 69.3. The number of carbonyl (C=O) groups is 5. The van der Waals surface area contributed by atoms with Gasteiger partial charge < -0.3 is 20.7 Å². The smallest absolute Gasteiger partial charge is 0.235 e. The van der Waals surface area contributed by atoms with Crippen LogP contribution in [-0.2, 0) is 23.9 Å². The van der Waals surface area contributed by atoms with E-state index < -0.39 is 82.5 Å². The third kappa shape index (κ3) is 4.43. The Bertz CT molecular complexity index is 1220. The molecule has 0 spiro atoms. The fourth-order valence-corrected chi connectivity index (χ4v) is 7.89. The molecule has 3 aliphatic rings. The maximum absolute atomic E-state index is 14.3. The van der Waals surface area contributed by atoms with E-state index in [2.05, 4.69) is 0 Å². The zero-order valence-electron chi connectivity index (χ0n) is 22.7. The minimum absolute atomic E-state index is 0.0190. The fraction of sp³-hybridized carbons (Fsp3) is 0.607. The zero-order chi connectivity index (χ0) is 29.0. The standard InChI is InChI=1S/C28H36N2O8S/c1-6-10-39-11-14-13-8-7-9-15(31)16(13)22(32)18-17(14)24(38-12(2)3)20-21(30(4)5)23(33)19(27(29)36)26(35)28(20,37)25(18)34/h7-9,12,14,17-21,24,31,37H,6,10-11H2,1-5H3,(H2,29,36). The van der Waals surface area contributed by atoms with Gasteiger partial charge in [-0.3, -0.25) is 28.9 Å². The SMILES string of the molecule is CCCSCC1c2cccc(O)c2C(=O)C2C(=O)C3(O)C(=O)C(C(N)=O)C(=O)C(N(C)C)C3C(OC(C)C)C21. The highest BCUT2D eigenvalue weighted by Crippen LogP contribution is 2.56. The average Bonchev–Trinajstić information content (AvgIpc) is 2.84. The number of phenols is 1. The summed E-state index contributed by atoms with van der Waals surface area (Å²) >= 11 is 1.62. The molecule has 1 aromatic carbocycles. The van der Waals surface area contributed by atoms with E-state index >= 15 is 0 Å². The third-order valence-corrected chi connectivity index (χ3v) is 9.49. The molecule has 4 N–H and O–H groups in total. The molecule has 0 radical (unpaired) electrons. The van der Waals surface area contributed by atoms with Crippen LogP contribution in [0.15, 0.2) is 18.2 Å². The predicted octanol–water partition coefficient (Wildman–Crippen LogP) is 0.955. The van der Waals surface area contributed by atoms with Gasteiger partial charge in [-0.15, -0.1) is 0 Å². The Morgan fingerprint density at radius 3 is 2.41 bits per heavy atom. The highest BCUT2D eigenvalue weighted by Gasteiger charge is 2.73. The van der Waals surface area contributed by atoms with Crippen LogP contribution in [0.3, 0.4) is 0 Å². The number of hydrogen-bond donors (Lipinski definition) is 3. The Labute approximate surface area is 231 Å². The second-order valence-electron chi connectivity index (χ2n) is 11.2. The Morgan fingerprint density at radius 2 is 1.85 bits per heavy atom. The van der Waals surface area contributed by atoms with Gasteiger partial charge in [0.1, 0.15) is 5.75 Å². The number of aliphatic hydroxyl groups is 1. The van der Waals surface area contributed by atoms with Crippen LogP contribution in [0.5, 0.6) is 5.75 Å². The molecule has 0 bridgehead atoms. The number of nitrogens with two attached hydrogens (primary N) is 1. The van der Waals surface area contributed by atoms with Gasteiger partial charge >= 0.3 is 0 Å². The van der Waals surface area contributed by atoms with Crippen molar-refractivity contribution in [2.75, 3.05) is 25.6 Å².